The van der Waals surface area contributed by atoms with Crippen molar-refractivity contribution in [2.75, 3.05) is 13.7 Å². The average molecular weight is 243 g/mol. The van der Waals surface area contributed by atoms with Gasteiger partial charge in [-0.1, -0.05) is 13.8 Å². The zero-order valence-corrected chi connectivity index (χ0v) is 10.9. The zero-order valence-electron chi connectivity index (χ0n) is 10.1. The van der Waals surface area contributed by atoms with Gasteiger partial charge in [0.2, 0.25) is 0 Å². The van der Waals surface area contributed by atoms with E-state index in [0.29, 0.717) is 11.8 Å². The number of halogens is 1. The van der Waals surface area contributed by atoms with E-state index in [1.54, 1.807) is 7.11 Å². The lowest BCUT2D eigenvalue weighted by molar-refractivity contribution is 0.287. The molecule has 0 spiro atoms. The van der Waals surface area contributed by atoms with E-state index >= 15 is 0 Å². The summed E-state index contributed by atoms with van der Waals surface area (Å²) in [5, 5.41) is 0. The fourth-order valence-corrected chi connectivity index (χ4v) is 1.54. The topological polar surface area (TPSA) is 18.5 Å². The highest BCUT2D eigenvalue weighted by molar-refractivity contribution is 6.17. The summed E-state index contributed by atoms with van der Waals surface area (Å²) in [6.45, 7) is 5.09. The summed E-state index contributed by atoms with van der Waals surface area (Å²) in [6.07, 6.45) is 1.05. The predicted molar refractivity (Wildman–Crippen MR) is 67.5 cm³/mol. The van der Waals surface area contributed by atoms with E-state index in [-0.39, 0.29) is 0 Å². The highest BCUT2D eigenvalue weighted by Crippen LogP contribution is 2.25. The van der Waals surface area contributed by atoms with Crippen LogP contribution in [0.1, 0.15) is 25.8 Å². The summed E-state index contributed by atoms with van der Waals surface area (Å²) in [7, 11) is 1.65. The molecule has 0 atom stereocenters. The lowest BCUT2D eigenvalue weighted by atomic mass is 10.1. The molecule has 1 aromatic carbocycles. The predicted octanol–water partition coefficient (Wildman–Crippen LogP) is 3.86. The van der Waals surface area contributed by atoms with Crippen LogP contribution in [0.15, 0.2) is 18.2 Å². The van der Waals surface area contributed by atoms with Gasteiger partial charge in [0.05, 0.1) is 19.6 Å². The molecule has 1 rings (SSSR count). The molecule has 0 aliphatic heterocycles. The van der Waals surface area contributed by atoms with Gasteiger partial charge in [-0.05, 0) is 30.5 Å². The minimum Gasteiger partial charge on any atom is -0.497 e. The molecule has 0 N–H and O–H groups in total. The van der Waals surface area contributed by atoms with Crippen molar-refractivity contribution < 1.29 is 9.47 Å². The maximum atomic E-state index is 5.87. The Labute approximate surface area is 103 Å². The third-order valence-corrected chi connectivity index (χ3v) is 2.65. The Balaban J connectivity index is 2.64. The molecule has 0 aliphatic rings. The van der Waals surface area contributed by atoms with Gasteiger partial charge in [-0.15, -0.1) is 11.6 Å². The van der Waals surface area contributed by atoms with Crippen molar-refractivity contribution in [1.29, 1.82) is 0 Å². The Morgan fingerprint density at radius 1 is 1.31 bits per heavy atom. The smallest absolute Gasteiger partial charge is 0.123 e. The first-order chi connectivity index (χ1) is 7.67. The van der Waals surface area contributed by atoms with Crippen molar-refractivity contribution in [3.63, 3.8) is 0 Å². The number of alkyl halides is 1. The van der Waals surface area contributed by atoms with E-state index < -0.39 is 0 Å². The standard InChI is InChI=1S/C13H19ClO2/c1-10(2)6-7-16-13-5-4-12(15-3)8-11(13)9-14/h4-5,8,10H,6-7,9H2,1-3H3. The molecule has 0 heterocycles. The van der Waals surface area contributed by atoms with Gasteiger partial charge in [0.1, 0.15) is 11.5 Å². The summed E-state index contributed by atoms with van der Waals surface area (Å²) in [5.41, 5.74) is 0.977. The molecule has 3 heteroatoms. The molecular weight excluding hydrogens is 224 g/mol. The van der Waals surface area contributed by atoms with E-state index in [1.807, 2.05) is 18.2 Å². The summed E-state index contributed by atoms with van der Waals surface area (Å²) >= 11 is 5.87. The lowest BCUT2D eigenvalue weighted by Gasteiger charge is -2.12. The highest BCUT2D eigenvalue weighted by Gasteiger charge is 2.05. The molecule has 0 radical (unpaired) electrons. The molecular formula is C13H19ClO2. The SMILES string of the molecule is COc1ccc(OCCC(C)C)c(CCl)c1. The Hall–Kier alpha value is -0.890. The number of hydrogen-bond donors (Lipinski definition) is 0. The number of methoxy groups -OCH3 is 1. The minimum absolute atomic E-state index is 0.439. The van der Waals surface area contributed by atoms with E-state index in [0.717, 1.165) is 30.1 Å². The fraction of sp³-hybridized carbons (Fsp3) is 0.538. The van der Waals surface area contributed by atoms with Crippen LogP contribution in [0.2, 0.25) is 0 Å². The number of benzene rings is 1. The van der Waals surface area contributed by atoms with Crippen molar-refractivity contribution in [2.24, 2.45) is 5.92 Å². The Morgan fingerprint density at radius 2 is 2.06 bits per heavy atom. The van der Waals surface area contributed by atoms with Crippen LogP contribution >= 0.6 is 11.6 Å². The molecule has 0 saturated carbocycles. The highest BCUT2D eigenvalue weighted by atomic mass is 35.5. The maximum absolute atomic E-state index is 5.87. The molecule has 0 aromatic heterocycles. The number of hydrogen-bond acceptors (Lipinski definition) is 2. The second-order valence-corrected chi connectivity index (χ2v) is 4.41. The molecule has 0 unspecified atom stereocenters. The zero-order chi connectivity index (χ0) is 12.0. The largest absolute Gasteiger partial charge is 0.497 e. The third-order valence-electron chi connectivity index (χ3n) is 2.36. The summed E-state index contributed by atoms with van der Waals surface area (Å²) in [4.78, 5) is 0. The van der Waals surface area contributed by atoms with Gasteiger partial charge in [-0.2, -0.15) is 0 Å². The van der Waals surface area contributed by atoms with Crippen LogP contribution in [0, 0.1) is 5.92 Å². The van der Waals surface area contributed by atoms with Gasteiger partial charge in [0.15, 0.2) is 0 Å². The van der Waals surface area contributed by atoms with E-state index in [1.165, 1.54) is 0 Å². The molecule has 0 amide bonds. The second kappa shape index (κ2) is 6.64. The monoisotopic (exact) mass is 242 g/mol. The van der Waals surface area contributed by atoms with Crippen molar-refractivity contribution in [1.82, 2.24) is 0 Å². The van der Waals surface area contributed by atoms with E-state index in [9.17, 15) is 0 Å². The van der Waals surface area contributed by atoms with Crippen LogP contribution in [0.5, 0.6) is 11.5 Å². The Morgan fingerprint density at radius 3 is 2.62 bits per heavy atom. The van der Waals surface area contributed by atoms with E-state index in [2.05, 4.69) is 13.8 Å². The molecule has 1 aromatic rings. The van der Waals surface area contributed by atoms with Crippen LogP contribution in [0.25, 0.3) is 0 Å². The molecule has 90 valence electrons. The van der Waals surface area contributed by atoms with Crippen molar-refractivity contribution in [2.45, 2.75) is 26.1 Å². The number of ether oxygens (including phenoxy) is 2. The first-order valence-electron chi connectivity index (χ1n) is 5.53. The first-order valence-corrected chi connectivity index (χ1v) is 6.06. The lowest BCUT2D eigenvalue weighted by Crippen LogP contribution is -2.03. The summed E-state index contributed by atoms with van der Waals surface area (Å²) in [5.74, 6) is 2.76. The van der Waals surface area contributed by atoms with Crippen LogP contribution in [-0.2, 0) is 5.88 Å². The van der Waals surface area contributed by atoms with E-state index in [4.69, 9.17) is 21.1 Å². The van der Waals surface area contributed by atoms with Crippen molar-refractivity contribution >= 4 is 11.6 Å². The molecule has 2 nitrogen and oxygen atoms in total. The van der Waals surface area contributed by atoms with Gasteiger partial charge in [0.25, 0.3) is 0 Å². The van der Waals surface area contributed by atoms with Crippen LogP contribution < -0.4 is 9.47 Å². The first kappa shape index (κ1) is 13.2. The van der Waals surface area contributed by atoms with Gasteiger partial charge in [-0.3, -0.25) is 0 Å². The van der Waals surface area contributed by atoms with Crippen LogP contribution in [0.4, 0.5) is 0 Å². The quantitative estimate of drug-likeness (QED) is 0.706. The molecule has 16 heavy (non-hydrogen) atoms. The molecule has 0 aliphatic carbocycles. The molecule has 0 fully saturated rings. The summed E-state index contributed by atoms with van der Waals surface area (Å²) in [6, 6.07) is 5.72. The van der Waals surface area contributed by atoms with Crippen molar-refractivity contribution in [3.05, 3.63) is 23.8 Å². The number of rotatable bonds is 6. The van der Waals surface area contributed by atoms with Crippen LogP contribution in [0.3, 0.4) is 0 Å². The summed E-state index contributed by atoms with van der Waals surface area (Å²) < 4.78 is 10.8. The molecule has 0 bridgehead atoms. The second-order valence-electron chi connectivity index (χ2n) is 4.14. The van der Waals surface area contributed by atoms with Crippen LogP contribution in [-0.4, -0.2) is 13.7 Å². The Bertz CT molecular complexity index is 324. The van der Waals surface area contributed by atoms with Gasteiger partial charge in [-0.25, -0.2) is 0 Å². The maximum Gasteiger partial charge on any atom is 0.123 e. The third kappa shape index (κ3) is 3.93. The molecule has 0 saturated heterocycles. The Kier molecular flexibility index (Phi) is 5.47. The fourth-order valence-electron chi connectivity index (χ4n) is 1.33. The van der Waals surface area contributed by atoms with Gasteiger partial charge in [0, 0.05) is 5.56 Å². The van der Waals surface area contributed by atoms with Crippen molar-refractivity contribution in [3.8, 4) is 11.5 Å². The average Bonchev–Trinajstić information content (AvgIpc) is 2.29. The normalized spacial score (nSPS) is 10.6. The van der Waals surface area contributed by atoms with Gasteiger partial charge >= 0.3 is 0 Å². The minimum atomic E-state index is 0.439. The van der Waals surface area contributed by atoms with Gasteiger partial charge < -0.3 is 9.47 Å².